The first-order valence-electron chi connectivity index (χ1n) is 10.1. The van der Waals surface area contributed by atoms with Crippen LogP contribution in [0.1, 0.15) is 37.8 Å². The van der Waals surface area contributed by atoms with E-state index < -0.39 is 0 Å². The summed E-state index contributed by atoms with van der Waals surface area (Å²) in [5, 5.41) is 10.9. The number of nitrogens with zero attached hydrogens (tertiary/aromatic N) is 3. The van der Waals surface area contributed by atoms with Crippen LogP contribution in [0, 0.1) is 5.92 Å². The van der Waals surface area contributed by atoms with E-state index in [9.17, 15) is 0 Å². The smallest absolute Gasteiger partial charge is 0.137 e. The van der Waals surface area contributed by atoms with Crippen LogP contribution in [0.3, 0.4) is 0 Å². The van der Waals surface area contributed by atoms with Gasteiger partial charge in [-0.15, -0.1) is 12.4 Å². The summed E-state index contributed by atoms with van der Waals surface area (Å²) in [6.07, 6.45) is 3.62. The predicted molar refractivity (Wildman–Crippen MR) is 138 cm³/mol. The van der Waals surface area contributed by atoms with Gasteiger partial charge in [-0.3, -0.25) is 5.01 Å². The van der Waals surface area contributed by atoms with E-state index in [1.165, 1.54) is 19.3 Å². The number of anilines is 1. The predicted octanol–water partition coefficient (Wildman–Crippen LogP) is 6.94. The van der Waals surface area contributed by atoms with Crippen LogP contribution in [0.25, 0.3) is 0 Å². The van der Waals surface area contributed by atoms with Gasteiger partial charge in [0.25, 0.3) is 0 Å². The summed E-state index contributed by atoms with van der Waals surface area (Å²) in [6, 6.07) is 13.2. The zero-order chi connectivity index (χ0) is 21.3. The highest BCUT2D eigenvalue weighted by Crippen LogP contribution is 2.42. The van der Waals surface area contributed by atoms with Crippen LogP contribution in [0.5, 0.6) is 0 Å². The molecule has 0 amide bonds. The summed E-state index contributed by atoms with van der Waals surface area (Å²) in [6.45, 7) is 4.14. The Morgan fingerprint density at radius 2 is 1.65 bits per heavy atom. The normalized spacial score (nSPS) is 21.4. The fourth-order valence-electron chi connectivity index (χ4n) is 4.05. The highest BCUT2D eigenvalue weighted by molar-refractivity contribution is 7.82. The van der Waals surface area contributed by atoms with Crippen molar-refractivity contribution in [3.05, 3.63) is 63.1 Å². The topological polar surface area (TPSA) is 30.9 Å². The number of hydrogen-bond donors (Lipinski definition) is 1. The quantitative estimate of drug-likeness (QED) is 0.445. The molecule has 0 aliphatic carbocycles. The lowest BCUT2D eigenvalue weighted by Crippen LogP contribution is -2.47. The van der Waals surface area contributed by atoms with Crippen LogP contribution in [0.2, 0.25) is 15.1 Å². The Morgan fingerprint density at radius 1 is 1.00 bits per heavy atom. The van der Waals surface area contributed by atoms with Crippen LogP contribution in [-0.4, -0.2) is 28.8 Å². The third kappa shape index (κ3) is 5.47. The molecule has 2 aromatic carbocycles. The maximum Gasteiger partial charge on any atom is 0.137 e. The zero-order valence-electron chi connectivity index (χ0n) is 17.0. The summed E-state index contributed by atoms with van der Waals surface area (Å²) in [5.41, 5.74) is 6.14. The number of rotatable bonds is 4. The molecule has 166 valence electrons. The van der Waals surface area contributed by atoms with Crippen molar-refractivity contribution >= 4 is 75.8 Å². The molecule has 1 saturated heterocycles. The number of benzene rings is 2. The second-order valence-corrected chi connectivity index (χ2v) is 9.39. The average Bonchev–Trinajstić information content (AvgIpc) is 3.06. The Hall–Kier alpha value is -1.08. The van der Waals surface area contributed by atoms with Gasteiger partial charge in [0.05, 0.1) is 16.8 Å². The van der Waals surface area contributed by atoms with Crippen molar-refractivity contribution in [3.8, 4) is 0 Å². The Labute approximate surface area is 209 Å². The van der Waals surface area contributed by atoms with Gasteiger partial charge < -0.3 is 5.43 Å². The van der Waals surface area contributed by atoms with Crippen LogP contribution >= 0.6 is 59.4 Å². The Bertz CT molecular complexity index is 960. The van der Waals surface area contributed by atoms with Crippen molar-refractivity contribution in [2.75, 3.05) is 18.1 Å². The number of halogens is 4. The maximum absolute atomic E-state index is 6.55. The molecule has 2 atom stereocenters. The van der Waals surface area contributed by atoms with E-state index >= 15 is 0 Å². The zero-order valence-corrected chi connectivity index (χ0v) is 20.9. The molecule has 0 saturated carbocycles. The van der Waals surface area contributed by atoms with Gasteiger partial charge in [0.2, 0.25) is 0 Å². The van der Waals surface area contributed by atoms with E-state index in [2.05, 4.69) is 17.4 Å². The second kappa shape index (κ2) is 10.7. The SMILES string of the molecule is C[C@@H]1C(C(=S)NN2CCCCC2)=NN(c2ccc(Cl)cc2Cl)[C@@H]1c1ccc(Cl)cc1.Cl. The molecule has 2 aliphatic heterocycles. The molecule has 0 unspecified atom stereocenters. The molecule has 0 spiro atoms. The Balaban J connectivity index is 0.00000272. The minimum atomic E-state index is -0.0583. The number of piperidine rings is 1. The minimum absolute atomic E-state index is 0. The van der Waals surface area contributed by atoms with Crippen molar-refractivity contribution in [3.63, 3.8) is 0 Å². The molecule has 0 radical (unpaired) electrons. The van der Waals surface area contributed by atoms with Crippen LogP contribution in [-0.2, 0) is 0 Å². The van der Waals surface area contributed by atoms with Gasteiger partial charge in [-0.1, -0.05) is 72.5 Å². The van der Waals surface area contributed by atoms with Crippen molar-refractivity contribution in [2.45, 2.75) is 32.2 Å². The molecule has 0 aromatic heterocycles. The minimum Gasteiger partial charge on any atom is -0.308 e. The third-order valence-electron chi connectivity index (χ3n) is 5.60. The van der Waals surface area contributed by atoms with Crippen molar-refractivity contribution in [1.29, 1.82) is 0 Å². The molecule has 2 heterocycles. The highest BCUT2D eigenvalue weighted by Gasteiger charge is 2.39. The molecule has 31 heavy (non-hydrogen) atoms. The monoisotopic (exact) mass is 516 g/mol. The van der Waals surface area contributed by atoms with Gasteiger partial charge in [0, 0.05) is 29.1 Å². The van der Waals surface area contributed by atoms with Gasteiger partial charge in [0.1, 0.15) is 10.7 Å². The van der Waals surface area contributed by atoms with Crippen LogP contribution < -0.4 is 10.4 Å². The first-order valence-corrected chi connectivity index (χ1v) is 11.6. The van der Waals surface area contributed by atoms with Crippen LogP contribution in [0.15, 0.2) is 47.6 Å². The summed E-state index contributed by atoms with van der Waals surface area (Å²) < 4.78 is 0. The molecule has 1 fully saturated rings. The van der Waals surface area contributed by atoms with E-state index in [1.54, 1.807) is 6.07 Å². The fourth-order valence-corrected chi connectivity index (χ4v) is 5.03. The molecule has 0 bridgehead atoms. The summed E-state index contributed by atoms with van der Waals surface area (Å²) in [7, 11) is 0. The lowest BCUT2D eigenvalue weighted by atomic mass is 9.91. The van der Waals surface area contributed by atoms with E-state index in [-0.39, 0.29) is 24.4 Å². The molecule has 2 aromatic rings. The standard InChI is InChI=1S/C22H23Cl3N4S.ClH/c1-14-20(22(30)27-28-11-3-2-4-12-28)26-29(19-10-9-17(24)13-18(19)25)21(14)15-5-7-16(23)8-6-15;/h5-10,13-14,21H,2-4,11-12H2,1H3,(H,27,30);1H/t14-,21+;/m1./s1. The largest absolute Gasteiger partial charge is 0.308 e. The summed E-state index contributed by atoms with van der Waals surface area (Å²) in [4.78, 5) is 0.663. The lowest BCUT2D eigenvalue weighted by molar-refractivity contribution is 0.197. The van der Waals surface area contributed by atoms with Crippen molar-refractivity contribution < 1.29 is 0 Å². The number of thiocarbonyl (C=S) groups is 1. The van der Waals surface area contributed by atoms with Gasteiger partial charge in [-0.2, -0.15) is 5.10 Å². The van der Waals surface area contributed by atoms with Crippen molar-refractivity contribution in [1.82, 2.24) is 10.4 Å². The number of hydrogen-bond acceptors (Lipinski definition) is 4. The van der Waals surface area contributed by atoms with Gasteiger partial charge >= 0.3 is 0 Å². The van der Waals surface area contributed by atoms with E-state index in [0.29, 0.717) is 20.1 Å². The van der Waals surface area contributed by atoms with Crippen molar-refractivity contribution in [2.24, 2.45) is 11.0 Å². The average molecular weight is 518 g/mol. The molecule has 4 rings (SSSR count). The molecular formula is C22H24Cl4N4S. The second-order valence-electron chi connectivity index (χ2n) is 7.70. The third-order valence-corrected chi connectivity index (χ3v) is 6.69. The highest BCUT2D eigenvalue weighted by atomic mass is 35.5. The maximum atomic E-state index is 6.55. The fraction of sp³-hybridized carbons (Fsp3) is 0.364. The molecule has 9 heteroatoms. The summed E-state index contributed by atoms with van der Waals surface area (Å²) >= 11 is 24.6. The summed E-state index contributed by atoms with van der Waals surface area (Å²) in [5.74, 6) is 0.0581. The van der Waals surface area contributed by atoms with E-state index in [0.717, 1.165) is 30.1 Å². The molecule has 2 aliphatic rings. The van der Waals surface area contributed by atoms with Gasteiger partial charge in [0.15, 0.2) is 0 Å². The Morgan fingerprint density at radius 3 is 2.29 bits per heavy atom. The number of hydrazone groups is 1. The molecular weight excluding hydrogens is 494 g/mol. The molecule has 1 N–H and O–H groups in total. The van der Waals surface area contributed by atoms with E-state index in [1.807, 2.05) is 41.4 Å². The Kier molecular flexibility index (Phi) is 8.47. The molecule has 4 nitrogen and oxygen atoms in total. The van der Waals surface area contributed by atoms with Gasteiger partial charge in [-0.05, 0) is 48.7 Å². The first-order chi connectivity index (χ1) is 14.4. The number of nitrogens with one attached hydrogen (secondary N) is 1. The first kappa shape index (κ1) is 24.6. The van der Waals surface area contributed by atoms with Gasteiger partial charge in [-0.25, -0.2) is 5.01 Å². The van der Waals surface area contributed by atoms with Crippen LogP contribution in [0.4, 0.5) is 5.69 Å². The van der Waals surface area contributed by atoms with E-state index in [4.69, 9.17) is 52.1 Å². The number of hydrazine groups is 1. The lowest BCUT2D eigenvalue weighted by Gasteiger charge is -2.29.